The van der Waals surface area contributed by atoms with Crippen LogP contribution in [0.25, 0.3) is 16.9 Å². The number of hydrogen-bond acceptors (Lipinski definition) is 4. The topological polar surface area (TPSA) is 73.9 Å². The molecular formula is C15H12N4OS. The van der Waals surface area contributed by atoms with E-state index in [2.05, 4.69) is 16.2 Å². The molecule has 1 aromatic carbocycles. The number of hydrogen-bond donors (Lipinski definition) is 1. The van der Waals surface area contributed by atoms with E-state index in [-0.39, 0.29) is 5.56 Å². The van der Waals surface area contributed by atoms with Crippen molar-refractivity contribution >= 4 is 17.4 Å². The van der Waals surface area contributed by atoms with Gasteiger partial charge in [-0.1, -0.05) is 12.1 Å². The number of aromatic amines is 1. The van der Waals surface area contributed by atoms with Crippen molar-refractivity contribution in [2.24, 2.45) is 0 Å². The average Bonchev–Trinajstić information content (AvgIpc) is 2.92. The van der Waals surface area contributed by atoms with Gasteiger partial charge in [0.1, 0.15) is 0 Å². The first-order chi connectivity index (χ1) is 10.1. The predicted octanol–water partition coefficient (Wildman–Crippen LogP) is 2.59. The van der Waals surface area contributed by atoms with Crippen LogP contribution in [0.5, 0.6) is 0 Å². The largest absolute Gasteiger partial charge is 0.289 e. The molecule has 0 amide bonds. The van der Waals surface area contributed by atoms with Crippen LogP contribution in [-0.4, -0.2) is 20.9 Å². The summed E-state index contributed by atoms with van der Waals surface area (Å²) in [6.45, 7) is 1.83. The van der Waals surface area contributed by atoms with Gasteiger partial charge in [-0.15, -0.1) is 11.8 Å². The number of benzene rings is 1. The molecule has 0 bridgehead atoms. The fourth-order valence-electron chi connectivity index (χ4n) is 2.23. The maximum absolute atomic E-state index is 12.4. The van der Waals surface area contributed by atoms with Crippen LogP contribution in [0.4, 0.5) is 0 Å². The minimum atomic E-state index is -0.0927. The Hall–Kier alpha value is -2.52. The summed E-state index contributed by atoms with van der Waals surface area (Å²) >= 11 is 1.40. The van der Waals surface area contributed by atoms with Gasteiger partial charge in [0.15, 0.2) is 5.65 Å². The molecule has 0 fully saturated rings. The number of fused-ring (bicyclic) bond motifs is 1. The van der Waals surface area contributed by atoms with Crippen LogP contribution in [-0.2, 0) is 0 Å². The zero-order chi connectivity index (χ0) is 15.0. The molecule has 2 heterocycles. The fourth-order valence-corrected chi connectivity index (χ4v) is 2.83. The van der Waals surface area contributed by atoms with E-state index in [4.69, 9.17) is 5.26 Å². The third-order valence-electron chi connectivity index (χ3n) is 3.27. The van der Waals surface area contributed by atoms with Crippen molar-refractivity contribution in [3.63, 3.8) is 0 Å². The highest BCUT2D eigenvalue weighted by Crippen LogP contribution is 2.20. The van der Waals surface area contributed by atoms with Gasteiger partial charge in [-0.25, -0.2) is 9.50 Å². The highest BCUT2D eigenvalue weighted by Gasteiger charge is 2.11. The molecule has 3 rings (SSSR count). The van der Waals surface area contributed by atoms with Gasteiger partial charge in [-0.2, -0.15) is 5.26 Å². The lowest BCUT2D eigenvalue weighted by Gasteiger charge is -2.01. The highest BCUT2D eigenvalue weighted by atomic mass is 32.2. The fraction of sp³-hybridized carbons (Fsp3) is 0.133. The summed E-state index contributed by atoms with van der Waals surface area (Å²) in [5.41, 5.74) is 3.53. The lowest BCUT2D eigenvalue weighted by Crippen LogP contribution is -2.18. The number of aryl methyl sites for hydroxylation is 1. The summed E-state index contributed by atoms with van der Waals surface area (Å²) in [5.74, 6) is 0. The summed E-state index contributed by atoms with van der Waals surface area (Å²) in [6.07, 6.45) is 1.86. The van der Waals surface area contributed by atoms with Crippen LogP contribution in [0.15, 0.2) is 40.0 Å². The second kappa shape index (κ2) is 5.11. The quantitative estimate of drug-likeness (QED) is 0.738. The third-order valence-corrected chi connectivity index (χ3v) is 4.15. The van der Waals surface area contributed by atoms with E-state index in [1.165, 1.54) is 16.3 Å². The number of nitriles is 1. The smallest absolute Gasteiger partial charge is 0.286 e. The monoisotopic (exact) mass is 296 g/mol. The first-order valence-electron chi connectivity index (χ1n) is 6.31. The van der Waals surface area contributed by atoms with Crippen LogP contribution in [0, 0.1) is 18.3 Å². The van der Waals surface area contributed by atoms with Crippen molar-refractivity contribution in [2.75, 3.05) is 6.26 Å². The first-order valence-corrected chi connectivity index (χ1v) is 7.53. The van der Waals surface area contributed by atoms with E-state index < -0.39 is 0 Å². The van der Waals surface area contributed by atoms with Crippen molar-refractivity contribution in [1.82, 2.24) is 14.6 Å². The van der Waals surface area contributed by atoms with E-state index in [1.807, 2.05) is 31.4 Å². The lowest BCUT2D eigenvalue weighted by atomic mass is 10.1. The second-order valence-electron chi connectivity index (χ2n) is 4.59. The third kappa shape index (κ3) is 2.22. The summed E-state index contributed by atoms with van der Waals surface area (Å²) in [5, 5.41) is 11.9. The van der Waals surface area contributed by atoms with Crippen LogP contribution in [0.2, 0.25) is 0 Å². The van der Waals surface area contributed by atoms with Crippen molar-refractivity contribution in [2.45, 2.75) is 11.8 Å². The SMILES string of the molecule is CSc1c(C)nc2cc(-c3ccc(C#N)cc3)[nH]n2c1=O. The van der Waals surface area contributed by atoms with E-state index >= 15 is 0 Å². The minimum Gasteiger partial charge on any atom is -0.289 e. The molecule has 0 unspecified atom stereocenters. The van der Waals surface area contributed by atoms with Crippen LogP contribution >= 0.6 is 11.8 Å². The Bertz CT molecular complexity index is 916. The molecule has 0 radical (unpaired) electrons. The van der Waals surface area contributed by atoms with E-state index in [0.29, 0.717) is 16.1 Å². The average molecular weight is 296 g/mol. The van der Waals surface area contributed by atoms with Crippen LogP contribution in [0.3, 0.4) is 0 Å². The van der Waals surface area contributed by atoms with Gasteiger partial charge in [0.25, 0.3) is 5.56 Å². The molecule has 21 heavy (non-hydrogen) atoms. The zero-order valence-corrected chi connectivity index (χ0v) is 12.4. The van der Waals surface area contributed by atoms with Crippen molar-refractivity contribution in [3.8, 4) is 17.3 Å². The molecule has 0 aliphatic rings. The Morgan fingerprint density at radius 2 is 2.05 bits per heavy atom. The number of nitrogens with zero attached hydrogens (tertiary/aromatic N) is 3. The van der Waals surface area contributed by atoms with Gasteiger partial charge in [0, 0.05) is 6.07 Å². The summed E-state index contributed by atoms with van der Waals surface area (Å²) in [4.78, 5) is 17.4. The molecule has 0 atom stereocenters. The highest BCUT2D eigenvalue weighted by molar-refractivity contribution is 7.98. The molecule has 2 aromatic heterocycles. The predicted molar refractivity (Wildman–Crippen MR) is 82.5 cm³/mol. The van der Waals surface area contributed by atoms with Gasteiger partial charge in [-0.05, 0) is 30.9 Å². The van der Waals surface area contributed by atoms with Gasteiger partial charge in [0.2, 0.25) is 0 Å². The van der Waals surface area contributed by atoms with Gasteiger partial charge < -0.3 is 0 Å². The molecule has 0 saturated heterocycles. The minimum absolute atomic E-state index is 0.0927. The standard InChI is InChI=1S/C15H12N4OS/c1-9-14(21-2)15(20)19-13(17-9)7-12(18-19)11-5-3-10(8-16)4-6-11/h3-7,18H,1-2H3. The van der Waals surface area contributed by atoms with Crippen LogP contribution in [0.1, 0.15) is 11.3 Å². The molecule has 3 aromatic rings. The Balaban J connectivity index is 2.19. The van der Waals surface area contributed by atoms with E-state index in [0.717, 1.165) is 17.0 Å². The van der Waals surface area contributed by atoms with E-state index in [1.54, 1.807) is 12.1 Å². The zero-order valence-electron chi connectivity index (χ0n) is 11.5. The number of thioether (sulfide) groups is 1. The summed E-state index contributed by atoms with van der Waals surface area (Å²) in [6, 6.07) is 11.1. The van der Waals surface area contributed by atoms with Gasteiger partial charge in [0.05, 0.1) is 27.9 Å². The second-order valence-corrected chi connectivity index (χ2v) is 5.40. The Morgan fingerprint density at radius 3 is 2.67 bits per heavy atom. The molecule has 0 spiro atoms. The Morgan fingerprint density at radius 1 is 1.33 bits per heavy atom. The molecule has 0 saturated carbocycles. The van der Waals surface area contributed by atoms with Crippen LogP contribution < -0.4 is 5.56 Å². The molecule has 1 N–H and O–H groups in total. The molecule has 104 valence electrons. The first kappa shape index (κ1) is 13.5. The van der Waals surface area contributed by atoms with Crippen molar-refractivity contribution in [1.29, 1.82) is 5.26 Å². The Labute approximate surface area is 125 Å². The molecule has 6 heteroatoms. The normalized spacial score (nSPS) is 10.7. The van der Waals surface area contributed by atoms with Crippen molar-refractivity contribution < 1.29 is 0 Å². The molecule has 0 aliphatic heterocycles. The molecule has 0 aliphatic carbocycles. The number of rotatable bonds is 2. The number of nitrogens with one attached hydrogen (secondary N) is 1. The Kier molecular flexibility index (Phi) is 3.28. The van der Waals surface area contributed by atoms with Gasteiger partial charge in [-0.3, -0.25) is 9.89 Å². The number of aromatic nitrogens is 3. The summed E-state index contributed by atoms with van der Waals surface area (Å²) < 4.78 is 1.45. The summed E-state index contributed by atoms with van der Waals surface area (Å²) in [7, 11) is 0. The lowest BCUT2D eigenvalue weighted by molar-refractivity contribution is 0.854. The maximum Gasteiger partial charge on any atom is 0.286 e. The maximum atomic E-state index is 12.4. The van der Waals surface area contributed by atoms with E-state index in [9.17, 15) is 4.79 Å². The van der Waals surface area contributed by atoms with Crippen molar-refractivity contribution in [3.05, 3.63) is 51.9 Å². The van der Waals surface area contributed by atoms with Gasteiger partial charge >= 0.3 is 0 Å². The molecule has 5 nitrogen and oxygen atoms in total. The number of H-pyrrole nitrogens is 1. The molecular weight excluding hydrogens is 284 g/mol.